The Labute approximate surface area is 181 Å². The minimum Gasteiger partial charge on any atom is -0.469 e. The van der Waals surface area contributed by atoms with Crippen molar-refractivity contribution >= 4 is 28.7 Å². The highest BCUT2D eigenvalue weighted by atomic mass is 16.5. The summed E-state index contributed by atoms with van der Waals surface area (Å²) in [6.45, 7) is 2.60. The van der Waals surface area contributed by atoms with Gasteiger partial charge in [0.1, 0.15) is 0 Å². The third-order valence-corrected chi connectivity index (χ3v) is 6.33. The lowest BCUT2D eigenvalue weighted by molar-refractivity contribution is -0.149. The molecule has 0 atom stereocenters. The van der Waals surface area contributed by atoms with Gasteiger partial charge in [0.15, 0.2) is 6.61 Å². The van der Waals surface area contributed by atoms with E-state index in [1.807, 2.05) is 25.1 Å². The second kappa shape index (κ2) is 9.04. The highest BCUT2D eigenvalue weighted by molar-refractivity contribution is 6.05. The van der Waals surface area contributed by atoms with E-state index in [9.17, 15) is 14.4 Å². The normalized spacial score (nSPS) is 16.6. The average molecular weight is 424 g/mol. The van der Waals surface area contributed by atoms with Gasteiger partial charge in [0, 0.05) is 24.2 Å². The second-order valence-corrected chi connectivity index (χ2v) is 8.39. The van der Waals surface area contributed by atoms with Crippen LogP contribution in [0.1, 0.15) is 52.9 Å². The SMILES string of the molecule is COC(=O)C1CCN(C(=O)COC(=O)c2c3c(nc4ccc(C)cc24)CCCC3)CC1. The molecule has 2 heterocycles. The molecule has 0 saturated carbocycles. The van der Waals surface area contributed by atoms with Gasteiger partial charge in [-0.15, -0.1) is 0 Å². The minimum atomic E-state index is -0.464. The number of likely N-dealkylation sites (tertiary alicyclic amines) is 1. The number of pyridine rings is 1. The van der Waals surface area contributed by atoms with Gasteiger partial charge in [-0.2, -0.15) is 0 Å². The van der Waals surface area contributed by atoms with Crippen molar-refractivity contribution in [3.63, 3.8) is 0 Å². The number of ether oxygens (including phenoxy) is 2. The maximum atomic E-state index is 13.1. The molecule has 1 amide bonds. The Morgan fingerprint density at radius 3 is 2.61 bits per heavy atom. The van der Waals surface area contributed by atoms with Crippen LogP contribution < -0.4 is 0 Å². The number of aromatic nitrogens is 1. The lowest BCUT2D eigenvalue weighted by atomic mass is 9.89. The van der Waals surface area contributed by atoms with E-state index in [1.165, 1.54) is 7.11 Å². The van der Waals surface area contributed by atoms with Crippen LogP contribution in [0.3, 0.4) is 0 Å². The number of carbonyl (C=O) groups is 3. The topological polar surface area (TPSA) is 85.8 Å². The first-order valence-electron chi connectivity index (χ1n) is 10.9. The highest BCUT2D eigenvalue weighted by Gasteiger charge is 2.29. The first-order chi connectivity index (χ1) is 15.0. The Kier molecular flexibility index (Phi) is 6.20. The first kappa shape index (κ1) is 21.3. The fraction of sp³-hybridized carbons (Fsp3) is 0.500. The van der Waals surface area contributed by atoms with Gasteiger partial charge < -0.3 is 14.4 Å². The number of piperidine rings is 1. The largest absolute Gasteiger partial charge is 0.469 e. The molecule has 0 bridgehead atoms. The molecule has 2 aromatic rings. The summed E-state index contributed by atoms with van der Waals surface area (Å²) in [5.74, 6) is -1.10. The molecule has 0 radical (unpaired) electrons. The van der Waals surface area contributed by atoms with Crippen LogP contribution in [-0.4, -0.2) is 54.5 Å². The van der Waals surface area contributed by atoms with E-state index in [1.54, 1.807) is 4.90 Å². The van der Waals surface area contributed by atoms with Gasteiger partial charge in [0.05, 0.1) is 24.1 Å². The molecule has 7 heteroatoms. The molecule has 1 saturated heterocycles. The smallest absolute Gasteiger partial charge is 0.339 e. The van der Waals surface area contributed by atoms with Gasteiger partial charge in [0.25, 0.3) is 5.91 Å². The summed E-state index contributed by atoms with van der Waals surface area (Å²) < 4.78 is 10.3. The van der Waals surface area contributed by atoms with Crippen molar-refractivity contribution in [2.75, 3.05) is 26.8 Å². The molecule has 1 aliphatic carbocycles. The Balaban J connectivity index is 1.48. The standard InChI is InChI=1S/C24H28N2O5/c1-15-7-8-20-18(13-15)22(17-5-3-4-6-19(17)25-20)24(29)31-14-21(27)26-11-9-16(10-12-26)23(28)30-2/h7-8,13,16H,3-6,9-12,14H2,1-2H3. The van der Waals surface area contributed by atoms with Gasteiger partial charge in [-0.3, -0.25) is 14.6 Å². The van der Waals surface area contributed by atoms with Gasteiger partial charge in [-0.1, -0.05) is 11.6 Å². The molecular weight excluding hydrogens is 396 g/mol. The summed E-state index contributed by atoms with van der Waals surface area (Å²) in [5.41, 5.74) is 4.31. The van der Waals surface area contributed by atoms with Gasteiger partial charge in [0.2, 0.25) is 0 Å². The van der Waals surface area contributed by atoms with E-state index < -0.39 is 5.97 Å². The molecule has 0 unspecified atom stereocenters. The number of rotatable bonds is 4. The van der Waals surface area contributed by atoms with Crippen molar-refractivity contribution in [2.24, 2.45) is 5.92 Å². The Hall–Kier alpha value is -2.96. The molecule has 1 aromatic heterocycles. The fourth-order valence-corrected chi connectivity index (χ4v) is 4.59. The second-order valence-electron chi connectivity index (χ2n) is 8.39. The van der Waals surface area contributed by atoms with Crippen LogP contribution in [0.25, 0.3) is 10.9 Å². The maximum absolute atomic E-state index is 13.1. The number of aryl methyl sites for hydroxylation is 2. The lowest BCUT2D eigenvalue weighted by Crippen LogP contribution is -2.42. The number of hydrogen-bond donors (Lipinski definition) is 0. The van der Waals surface area contributed by atoms with Crippen molar-refractivity contribution in [2.45, 2.75) is 45.4 Å². The molecule has 2 aliphatic rings. The van der Waals surface area contributed by atoms with Crippen LogP contribution in [0.15, 0.2) is 18.2 Å². The number of nitrogens with zero attached hydrogens (tertiary/aromatic N) is 2. The number of amides is 1. The lowest BCUT2D eigenvalue weighted by Gasteiger charge is -2.30. The van der Waals surface area contributed by atoms with Gasteiger partial charge in [-0.25, -0.2) is 4.79 Å². The molecule has 164 valence electrons. The van der Waals surface area contributed by atoms with Crippen molar-refractivity contribution in [3.8, 4) is 0 Å². The fourth-order valence-electron chi connectivity index (χ4n) is 4.59. The predicted octanol–water partition coefficient (Wildman–Crippen LogP) is 2.99. The monoisotopic (exact) mass is 424 g/mol. The van der Waals surface area contributed by atoms with Crippen molar-refractivity contribution < 1.29 is 23.9 Å². The minimum absolute atomic E-state index is 0.172. The Morgan fingerprint density at radius 2 is 1.87 bits per heavy atom. The molecule has 4 rings (SSSR count). The summed E-state index contributed by atoms with van der Waals surface area (Å²) in [6, 6.07) is 5.89. The van der Waals surface area contributed by atoms with Crippen molar-refractivity contribution in [1.29, 1.82) is 0 Å². The highest BCUT2D eigenvalue weighted by Crippen LogP contribution is 2.30. The summed E-state index contributed by atoms with van der Waals surface area (Å²) in [7, 11) is 1.38. The number of esters is 2. The number of hydrogen-bond acceptors (Lipinski definition) is 6. The molecule has 1 fully saturated rings. The first-order valence-corrected chi connectivity index (χ1v) is 10.9. The Bertz CT molecular complexity index is 1020. The van der Waals surface area contributed by atoms with E-state index in [4.69, 9.17) is 14.5 Å². The molecule has 0 spiro atoms. The van der Waals surface area contributed by atoms with E-state index >= 15 is 0 Å². The molecule has 0 N–H and O–H groups in total. The summed E-state index contributed by atoms with van der Waals surface area (Å²) >= 11 is 0. The van der Waals surface area contributed by atoms with Crippen molar-refractivity contribution in [3.05, 3.63) is 40.6 Å². The van der Waals surface area contributed by atoms with Gasteiger partial charge >= 0.3 is 11.9 Å². The summed E-state index contributed by atoms with van der Waals surface area (Å²) in [5, 5.41) is 0.789. The predicted molar refractivity (Wildman–Crippen MR) is 115 cm³/mol. The number of fused-ring (bicyclic) bond motifs is 2. The van der Waals surface area contributed by atoms with Gasteiger partial charge in [-0.05, 0) is 63.1 Å². The Morgan fingerprint density at radius 1 is 1.13 bits per heavy atom. The summed E-state index contributed by atoms with van der Waals surface area (Å²) in [4.78, 5) is 43.8. The van der Waals surface area contributed by atoms with Crippen LogP contribution in [-0.2, 0) is 31.9 Å². The molecule has 7 nitrogen and oxygen atoms in total. The zero-order valence-electron chi connectivity index (χ0n) is 18.1. The van der Waals surface area contributed by atoms with Crippen LogP contribution >= 0.6 is 0 Å². The molecular formula is C24H28N2O5. The van der Waals surface area contributed by atoms with Crippen LogP contribution in [0, 0.1) is 12.8 Å². The molecule has 31 heavy (non-hydrogen) atoms. The van der Waals surface area contributed by atoms with Crippen molar-refractivity contribution in [1.82, 2.24) is 9.88 Å². The third-order valence-electron chi connectivity index (χ3n) is 6.33. The zero-order valence-corrected chi connectivity index (χ0v) is 18.1. The van der Waals surface area contributed by atoms with Crippen LogP contribution in [0.4, 0.5) is 0 Å². The zero-order chi connectivity index (χ0) is 22.0. The average Bonchev–Trinajstić information content (AvgIpc) is 2.80. The molecule has 1 aromatic carbocycles. The van der Waals surface area contributed by atoms with E-state index in [-0.39, 0.29) is 24.4 Å². The summed E-state index contributed by atoms with van der Waals surface area (Å²) in [6.07, 6.45) is 4.85. The number of benzene rings is 1. The van der Waals surface area contributed by atoms with E-state index in [0.717, 1.165) is 53.4 Å². The van der Waals surface area contributed by atoms with E-state index in [0.29, 0.717) is 31.5 Å². The van der Waals surface area contributed by atoms with Crippen LogP contribution in [0.2, 0.25) is 0 Å². The quantitative estimate of drug-likeness (QED) is 0.702. The maximum Gasteiger partial charge on any atom is 0.339 e. The number of carbonyl (C=O) groups excluding carboxylic acids is 3. The third kappa shape index (κ3) is 4.40. The molecule has 1 aliphatic heterocycles. The van der Waals surface area contributed by atoms with Crippen LogP contribution in [0.5, 0.6) is 0 Å². The number of methoxy groups -OCH3 is 1. The van der Waals surface area contributed by atoms with E-state index in [2.05, 4.69) is 0 Å².